The number of para-hydroxylation sites is 1. The van der Waals surface area contributed by atoms with Crippen LogP contribution in [0.1, 0.15) is 50.8 Å². The molecule has 0 aromatic heterocycles. The predicted octanol–water partition coefficient (Wildman–Crippen LogP) is 6.64. The summed E-state index contributed by atoms with van der Waals surface area (Å²) in [6, 6.07) is 14.3. The Hall–Kier alpha value is -2.79. The van der Waals surface area contributed by atoms with E-state index in [-0.39, 0.29) is 11.4 Å². The van der Waals surface area contributed by atoms with Gasteiger partial charge in [0.2, 0.25) is 0 Å². The van der Waals surface area contributed by atoms with Gasteiger partial charge in [-0.15, -0.1) is 0 Å². The summed E-state index contributed by atoms with van der Waals surface area (Å²) in [4.78, 5) is 22.4. The fourth-order valence-electron chi connectivity index (χ4n) is 4.44. The number of likely N-dealkylation sites (N-methyl/N-ethyl adjacent to an activating group) is 1. The summed E-state index contributed by atoms with van der Waals surface area (Å²) in [5.74, 6) is -0.0113. The van der Waals surface area contributed by atoms with E-state index >= 15 is 0 Å². The molecule has 2 aliphatic heterocycles. The Morgan fingerprint density at radius 1 is 1.12 bits per heavy atom. The first-order valence-electron chi connectivity index (χ1n) is 11.1. The molecule has 0 N–H and O–H groups in total. The largest absolute Gasteiger partial charge is 0.362 e. The second-order valence-electron chi connectivity index (χ2n) is 9.06. The molecule has 0 atom stereocenters. The maximum absolute atomic E-state index is 12.9. The number of aryl methyl sites for hydroxylation is 1. The van der Waals surface area contributed by atoms with Crippen molar-refractivity contribution in [1.82, 2.24) is 4.90 Å². The Kier molecular flexibility index (Phi) is 6.04. The maximum atomic E-state index is 12.9. The summed E-state index contributed by atoms with van der Waals surface area (Å²) in [6.07, 6.45) is 5.47. The van der Waals surface area contributed by atoms with Crippen LogP contribution in [0.5, 0.6) is 0 Å². The van der Waals surface area contributed by atoms with Crippen molar-refractivity contribution in [1.29, 1.82) is 0 Å². The Balaban J connectivity index is 1.72. The standard InChI is InChI=1S/C27H31N3OS/c1-7-13-30-23-14-18(2)20(15-22(23)19(3)17-27(30,4)5)16-24-25(31)29(6)26(32-24)28-21-11-9-8-10-12-21/h8-12,14-17H,7,13H2,1-6H3/b24-16+,28-26?. The molecule has 0 saturated carbocycles. The van der Waals surface area contributed by atoms with Crippen LogP contribution in [0.3, 0.4) is 0 Å². The number of rotatable bonds is 4. The van der Waals surface area contributed by atoms with E-state index in [0.29, 0.717) is 10.1 Å². The van der Waals surface area contributed by atoms with Gasteiger partial charge in [0.1, 0.15) is 0 Å². The van der Waals surface area contributed by atoms with Crippen LogP contribution in [-0.4, -0.2) is 35.1 Å². The van der Waals surface area contributed by atoms with Gasteiger partial charge in [0.25, 0.3) is 5.91 Å². The SMILES string of the molecule is CCCN1c2cc(C)c(/C=C3/SC(=Nc4ccccc4)N(C)C3=O)cc2C(C)=CC1(C)C. The summed E-state index contributed by atoms with van der Waals surface area (Å²) in [5.41, 5.74) is 6.90. The molecule has 4 nitrogen and oxygen atoms in total. The second-order valence-corrected chi connectivity index (χ2v) is 10.1. The fraction of sp³-hybridized carbons (Fsp3) is 0.333. The number of amides is 1. The van der Waals surface area contributed by atoms with E-state index < -0.39 is 0 Å². The summed E-state index contributed by atoms with van der Waals surface area (Å²) >= 11 is 1.43. The Labute approximate surface area is 195 Å². The molecule has 32 heavy (non-hydrogen) atoms. The number of carbonyl (C=O) groups is 1. The van der Waals surface area contributed by atoms with E-state index in [2.05, 4.69) is 62.7 Å². The Bertz CT molecular complexity index is 1140. The lowest BCUT2D eigenvalue weighted by atomic mass is 9.86. The topological polar surface area (TPSA) is 35.9 Å². The summed E-state index contributed by atoms with van der Waals surface area (Å²) in [7, 11) is 1.79. The van der Waals surface area contributed by atoms with E-state index in [1.165, 1.54) is 34.1 Å². The molecule has 1 amide bonds. The zero-order chi connectivity index (χ0) is 23.0. The molecular weight excluding hydrogens is 414 g/mol. The summed E-state index contributed by atoms with van der Waals surface area (Å²) in [6.45, 7) is 12.1. The molecule has 1 fully saturated rings. The van der Waals surface area contributed by atoms with Crippen molar-refractivity contribution in [2.75, 3.05) is 18.5 Å². The van der Waals surface area contributed by atoms with Gasteiger partial charge in [0.15, 0.2) is 5.17 Å². The predicted molar refractivity (Wildman–Crippen MR) is 138 cm³/mol. The number of amidine groups is 1. The molecule has 2 aromatic carbocycles. The van der Waals surface area contributed by atoms with Crippen LogP contribution >= 0.6 is 11.8 Å². The molecule has 0 radical (unpaired) electrons. The minimum Gasteiger partial charge on any atom is -0.362 e. The van der Waals surface area contributed by atoms with Crippen LogP contribution in [-0.2, 0) is 4.79 Å². The van der Waals surface area contributed by atoms with Crippen LogP contribution in [0, 0.1) is 6.92 Å². The monoisotopic (exact) mass is 445 g/mol. The van der Waals surface area contributed by atoms with Crippen molar-refractivity contribution in [2.24, 2.45) is 4.99 Å². The summed E-state index contributed by atoms with van der Waals surface area (Å²) in [5, 5.41) is 0.704. The Morgan fingerprint density at radius 3 is 2.53 bits per heavy atom. The number of hydrogen-bond acceptors (Lipinski definition) is 4. The highest BCUT2D eigenvalue weighted by atomic mass is 32.2. The molecule has 0 spiro atoms. The van der Waals surface area contributed by atoms with Gasteiger partial charge in [0, 0.05) is 24.8 Å². The van der Waals surface area contributed by atoms with E-state index in [1.807, 2.05) is 36.4 Å². The minimum absolute atomic E-state index is 0.0113. The number of thioether (sulfide) groups is 1. The van der Waals surface area contributed by atoms with Gasteiger partial charge < -0.3 is 4.90 Å². The lowest BCUT2D eigenvalue weighted by molar-refractivity contribution is -0.121. The van der Waals surface area contributed by atoms with Crippen LogP contribution in [0.15, 0.2) is 58.4 Å². The van der Waals surface area contributed by atoms with Gasteiger partial charge in [-0.3, -0.25) is 9.69 Å². The average Bonchev–Trinajstić information content (AvgIpc) is 3.00. The Morgan fingerprint density at radius 2 is 1.84 bits per heavy atom. The highest BCUT2D eigenvalue weighted by molar-refractivity contribution is 8.18. The van der Waals surface area contributed by atoms with Crippen LogP contribution < -0.4 is 4.90 Å². The normalized spacial score (nSPS) is 20.2. The van der Waals surface area contributed by atoms with Crippen molar-refractivity contribution in [3.8, 4) is 0 Å². The molecule has 4 rings (SSSR count). The molecule has 2 heterocycles. The molecule has 2 aliphatic rings. The second kappa shape index (κ2) is 8.62. The van der Waals surface area contributed by atoms with Crippen molar-refractivity contribution in [3.05, 3.63) is 70.1 Å². The summed E-state index contributed by atoms with van der Waals surface area (Å²) < 4.78 is 0. The number of anilines is 1. The van der Waals surface area contributed by atoms with Gasteiger partial charge in [-0.1, -0.05) is 31.2 Å². The van der Waals surface area contributed by atoms with Gasteiger partial charge in [-0.25, -0.2) is 4.99 Å². The van der Waals surface area contributed by atoms with Crippen LogP contribution in [0.2, 0.25) is 0 Å². The van der Waals surface area contributed by atoms with Crippen LogP contribution in [0.4, 0.5) is 11.4 Å². The number of aliphatic imine (C=N–C) groups is 1. The van der Waals surface area contributed by atoms with Gasteiger partial charge >= 0.3 is 0 Å². The van der Waals surface area contributed by atoms with Crippen molar-refractivity contribution in [3.63, 3.8) is 0 Å². The maximum Gasteiger partial charge on any atom is 0.266 e. The zero-order valence-corrected chi connectivity index (χ0v) is 20.6. The molecule has 2 aromatic rings. The number of allylic oxidation sites excluding steroid dienone is 1. The molecule has 0 aliphatic carbocycles. The first-order chi connectivity index (χ1) is 15.2. The van der Waals surface area contributed by atoms with E-state index in [1.54, 1.807) is 11.9 Å². The first kappa shape index (κ1) is 22.4. The van der Waals surface area contributed by atoms with Crippen molar-refractivity contribution in [2.45, 2.75) is 46.6 Å². The number of fused-ring (bicyclic) bond motifs is 1. The van der Waals surface area contributed by atoms with E-state index in [9.17, 15) is 4.79 Å². The highest BCUT2D eigenvalue weighted by Crippen LogP contribution is 2.41. The smallest absolute Gasteiger partial charge is 0.266 e. The number of benzene rings is 2. The molecular formula is C27H31N3OS. The molecule has 1 saturated heterocycles. The number of hydrogen-bond donors (Lipinski definition) is 0. The lowest BCUT2D eigenvalue weighted by Gasteiger charge is -2.43. The van der Waals surface area contributed by atoms with Crippen molar-refractivity contribution >= 4 is 45.9 Å². The zero-order valence-electron chi connectivity index (χ0n) is 19.8. The molecule has 166 valence electrons. The average molecular weight is 446 g/mol. The molecule has 5 heteroatoms. The first-order valence-corrected chi connectivity index (χ1v) is 12.0. The van der Waals surface area contributed by atoms with E-state index in [0.717, 1.165) is 24.2 Å². The molecule has 0 bridgehead atoms. The van der Waals surface area contributed by atoms with Gasteiger partial charge in [-0.05, 0) is 92.9 Å². The third kappa shape index (κ3) is 4.14. The third-order valence-corrected chi connectivity index (χ3v) is 7.14. The third-order valence-electron chi connectivity index (χ3n) is 6.08. The number of carbonyl (C=O) groups excluding carboxylic acids is 1. The highest BCUT2D eigenvalue weighted by Gasteiger charge is 2.33. The fourth-order valence-corrected chi connectivity index (χ4v) is 5.42. The van der Waals surface area contributed by atoms with E-state index in [4.69, 9.17) is 0 Å². The van der Waals surface area contributed by atoms with Gasteiger partial charge in [-0.2, -0.15) is 0 Å². The molecule has 0 unspecified atom stereocenters. The van der Waals surface area contributed by atoms with Crippen LogP contribution in [0.25, 0.3) is 11.6 Å². The lowest BCUT2D eigenvalue weighted by Crippen LogP contribution is -2.45. The van der Waals surface area contributed by atoms with Gasteiger partial charge in [0.05, 0.1) is 16.1 Å². The quantitative estimate of drug-likeness (QED) is 0.495. The number of nitrogens with zero attached hydrogens (tertiary/aromatic N) is 3. The minimum atomic E-state index is -0.0116. The van der Waals surface area contributed by atoms with Crippen molar-refractivity contribution < 1.29 is 4.79 Å².